The molecule has 0 spiro atoms. The standard InChI is InChI=1S/C25H31NO6S/c1-5-14-31-18-8-6-17(7-9-18)20(27)11-13-23(29)32-16-21(28)22-12-10-19(33-22)15-26-24(30)25(2,3)4/h6-10,12H,5,11,13-16H2,1-4H3,(H,26,30). The highest BCUT2D eigenvalue weighted by Crippen LogP contribution is 2.19. The van der Waals surface area contributed by atoms with Crippen LogP contribution in [0.2, 0.25) is 0 Å². The third-order valence-electron chi connectivity index (χ3n) is 4.61. The maximum Gasteiger partial charge on any atom is 0.306 e. The number of hydrogen-bond donors (Lipinski definition) is 1. The van der Waals surface area contributed by atoms with Gasteiger partial charge >= 0.3 is 5.97 Å². The highest BCUT2D eigenvalue weighted by Gasteiger charge is 2.21. The van der Waals surface area contributed by atoms with Gasteiger partial charge in [-0.2, -0.15) is 0 Å². The molecule has 0 aliphatic carbocycles. The van der Waals surface area contributed by atoms with Crippen molar-refractivity contribution in [3.8, 4) is 5.75 Å². The topological polar surface area (TPSA) is 98.8 Å². The van der Waals surface area contributed by atoms with Crippen molar-refractivity contribution >= 4 is 34.8 Å². The number of amides is 1. The fourth-order valence-corrected chi connectivity index (χ4v) is 3.53. The molecule has 0 unspecified atom stereocenters. The lowest BCUT2D eigenvalue weighted by atomic mass is 9.96. The number of nitrogens with one attached hydrogen (secondary N) is 1. The largest absolute Gasteiger partial charge is 0.494 e. The summed E-state index contributed by atoms with van der Waals surface area (Å²) in [6, 6.07) is 10.2. The summed E-state index contributed by atoms with van der Waals surface area (Å²) in [5, 5.41) is 2.83. The number of ketones is 2. The van der Waals surface area contributed by atoms with E-state index in [2.05, 4.69) is 5.32 Å². The monoisotopic (exact) mass is 473 g/mol. The molecule has 0 fully saturated rings. The van der Waals surface area contributed by atoms with Gasteiger partial charge in [0, 0.05) is 22.3 Å². The van der Waals surface area contributed by atoms with E-state index in [0.29, 0.717) is 29.3 Å². The van der Waals surface area contributed by atoms with E-state index in [1.165, 1.54) is 11.3 Å². The maximum absolute atomic E-state index is 12.3. The van der Waals surface area contributed by atoms with Crippen LogP contribution in [0, 0.1) is 5.41 Å². The molecule has 0 bridgehead atoms. The van der Waals surface area contributed by atoms with E-state index in [9.17, 15) is 19.2 Å². The lowest BCUT2D eigenvalue weighted by Crippen LogP contribution is -2.34. The molecule has 7 nitrogen and oxygen atoms in total. The van der Waals surface area contributed by atoms with E-state index in [0.717, 1.165) is 11.3 Å². The van der Waals surface area contributed by atoms with Crippen LogP contribution in [0.25, 0.3) is 0 Å². The van der Waals surface area contributed by atoms with Crippen molar-refractivity contribution in [1.29, 1.82) is 0 Å². The number of carbonyl (C=O) groups is 4. The highest BCUT2D eigenvalue weighted by atomic mass is 32.1. The zero-order chi connectivity index (χ0) is 24.4. The molecule has 1 heterocycles. The van der Waals surface area contributed by atoms with E-state index >= 15 is 0 Å². The lowest BCUT2D eigenvalue weighted by molar-refractivity contribution is -0.142. The molecule has 0 saturated heterocycles. The smallest absolute Gasteiger partial charge is 0.306 e. The molecule has 8 heteroatoms. The predicted octanol–water partition coefficient (Wildman–Crippen LogP) is 4.59. The van der Waals surface area contributed by atoms with Crippen LogP contribution in [0.3, 0.4) is 0 Å². The summed E-state index contributed by atoms with van der Waals surface area (Å²) in [6.07, 6.45) is 0.794. The van der Waals surface area contributed by atoms with E-state index in [1.54, 1.807) is 36.4 Å². The Hall–Kier alpha value is -3.00. The number of hydrogen-bond acceptors (Lipinski definition) is 7. The summed E-state index contributed by atoms with van der Waals surface area (Å²) in [7, 11) is 0. The van der Waals surface area contributed by atoms with Gasteiger partial charge < -0.3 is 14.8 Å². The SMILES string of the molecule is CCCOc1ccc(C(=O)CCC(=O)OCC(=O)c2ccc(CNC(=O)C(C)(C)C)s2)cc1. The number of benzene rings is 1. The summed E-state index contributed by atoms with van der Waals surface area (Å²) >= 11 is 1.25. The van der Waals surface area contributed by atoms with Crippen LogP contribution in [-0.4, -0.2) is 36.7 Å². The van der Waals surface area contributed by atoms with Gasteiger partial charge in [0.1, 0.15) is 5.75 Å². The molecule has 2 rings (SSSR count). The Bertz CT molecular complexity index is 972. The van der Waals surface area contributed by atoms with Gasteiger partial charge in [-0.1, -0.05) is 27.7 Å². The molecule has 2 aromatic rings. The number of ether oxygens (including phenoxy) is 2. The first kappa shape index (κ1) is 26.3. The summed E-state index contributed by atoms with van der Waals surface area (Å²) in [5.41, 5.74) is 0.00486. The van der Waals surface area contributed by atoms with Crippen LogP contribution in [-0.2, 0) is 20.9 Å². The second kappa shape index (κ2) is 12.3. The van der Waals surface area contributed by atoms with Gasteiger partial charge in [-0.25, -0.2) is 0 Å². The first-order chi connectivity index (χ1) is 15.6. The molecule has 0 radical (unpaired) electrons. The maximum atomic E-state index is 12.3. The minimum Gasteiger partial charge on any atom is -0.494 e. The van der Waals surface area contributed by atoms with Crippen LogP contribution >= 0.6 is 11.3 Å². The van der Waals surface area contributed by atoms with Crippen LogP contribution in [0.1, 0.15) is 71.9 Å². The van der Waals surface area contributed by atoms with E-state index < -0.39 is 11.4 Å². The zero-order valence-corrected chi connectivity index (χ0v) is 20.4. The Morgan fingerprint density at radius 3 is 2.27 bits per heavy atom. The predicted molar refractivity (Wildman–Crippen MR) is 127 cm³/mol. The zero-order valence-electron chi connectivity index (χ0n) is 19.6. The number of carbonyl (C=O) groups excluding carboxylic acids is 4. The molecule has 1 N–H and O–H groups in total. The van der Waals surface area contributed by atoms with Gasteiger partial charge in [0.15, 0.2) is 12.4 Å². The minimum absolute atomic E-state index is 0.00118. The van der Waals surface area contributed by atoms with Crippen LogP contribution in [0.15, 0.2) is 36.4 Å². The fraction of sp³-hybridized carbons (Fsp3) is 0.440. The van der Waals surface area contributed by atoms with Gasteiger partial charge in [-0.05, 0) is 42.8 Å². The van der Waals surface area contributed by atoms with Crippen LogP contribution < -0.4 is 10.1 Å². The van der Waals surface area contributed by atoms with Gasteiger partial charge in [0.05, 0.1) is 24.4 Å². The first-order valence-electron chi connectivity index (χ1n) is 10.9. The van der Waals surface area contributed by atoms with E-state index in [-0.39, 0.29) is 36.9 Å². The van der Waals surface area contributed by atoms with Crippen LogP contribution in [0.5, 0.6) is 5.75 Å². The number of thiophene rings is 1. The van der Waals surface area contributed by atoms with E-state index in [4.69, 9.17) is 9.47 Å². The molecule has 0 aliphatic heterocycles. The number of Topliss-reactive ketones (excluding diaryl/α,β-unsaturated/α-hetero) is 2. The van der Waals surface area contributed by atoms with Crippen molar-refractivity contribution in [3.63, 3.8) is 0 Å². The van der Waals surface area contributed by atoms with Crippen molar-refractivity contribution < 1.29 is 28.7 Å². The summed E-state index contributed by atoms with van der Waals surface area (Å²) in [5.74, 6) is -0.488. The normalized spacial score (nSPS) is 11.0. The van der Waals surface area contributed by atoms with Gasteiger partial charge in [0.2, 0.25) is 11.7 Å². The Balaban J connectivity index is 1.73. The Kier molecular flexibility index (Phi) is 9.78. The number of rotatable bonds is 12. The van der Waals surface area contributed by atoms with Crippen molar-refractivity contribution in [1.82, 2.24) is 5.32 Å². The molecule has 1 aromatic carbocycles. The van der Waals surface area contributed by atoms with Gasteiger partial charge in [0.25, 0.3) is 0 Å². The Morgan fingerprint density at radius 2 is 1.64 bits per heavy atom. The molecule has 1 aromatic heterocycles. The molecule has 1 amide bonds. The molecule has 0 saturated carbocycles. The molecule has 33 heavy (non-hydrogen) atoms. The lowest BCUT2D eigenvalue weighted by Gasteiger charge is -2.17. The Labute approximate surface area is 198 Å². The first-order valence-corrected chi connectivity index (χ1v) is 11.7. The van der Waals surface area contributed by atoms with Crippen LogP contribution in [0.4, 0.5) is 0 Å². The molecule has 0 atom stereocenters. The second-order valence-corrected chi connectivity index (χ2v) is 9.75. The third kappa shape index (κ3) is 8.81. The van der Waals surface area contributed by atoms with E-state index in [1.807, 2.05) is 27.7 Å². The van der Waals surface area contributed by atoms with Gasteiger partial charge in [-0.15, -0.1) is 11.3 Å². The quantitative estimate of drug-likeness (QED) is 0.358. The number of esters is 1. The summed E-state index contributed by atoms with van der Waals surface area (Å²) in [4.78, 5) is 49.8. The molecule has 0 aliphatic rings. The van der Waals surface area contributed by atoms with Gasteiger partial charge in [-0.3, -0.25) is 19.2 Å². The van der Waals surface area contributed by atoms with Crippen molar-refractivity contribution in [3.05, 3.63) is 51.7 Å². The van der Waals surface area contributed by atoms with Crippen molar-refractivity contribution in [2.45, 2.75) is 53.5 Å². The highest BCUT2D eigenvalue weighted by molar-refractivity contribution is 7.14. The average Bonchev–Trinajstić information content (AvgIpc) is 3.26. The fourth-order valence-electron chi connectivity index (χ4n) is 2.66. The summed E-state index contributed by atoms with van der Waals surface area (Å²) < 4.78 is 10.5. The second-order valence-electron chi connectivity index (χ2n) is 8.58. The third-order valence-corrected chi connectivity index (χ3v) is 5.74. The molecular weight excluding hydrogens is 442 g/mol. The summed E-state index contributed by atoms with van der Waals surface area (Å²) in [6.45, 7) is 8.05. The molecule has 178 valence electrons. The minimum atomic E-state index is -0.603. The Morgan fingerprint density at radius 1 is 0.939 bits per heavy atom. The molecular formula is C25H31NO6S. The van der Waals surface area contributed by atoms with Crippen molar-refractivity contribution in [2.24, 2.45) is 5.41 Å². The van der Waals surface area contributed by atoms with Crippen molar-refractivity contribution in [2.75, 3.05) is 13.2 Å². The average molecular weight is 474 g/mol.